The van der Waals surface area contributed by atoms with Crippen molar-refractivity contribution in [3.05, 3.63) is 0 Å². The fourth-order valence-electron chi connectivity index (χ4n) is 2.74. The van der Waals surface area contributed by atoms with Crippen LogP contribution in [-0.4, -0.2) is 11.4 Å². The molecular formula is C18H37Cl2N. The summed E-state index contributed by atoms with van der Waals surface area (Å²) in [6.07, 6.45) is 21.5. The second-order valence-corrected chi connectivity index (χ2v) is 7.55. The molecule has 0 amide bonds. The topological polar surface area (TPSA) is 26.0 Å². The Morgan fingerprint density at radius 3 is 1.05 bits per heavy atom. The van der Waals surface area contributed by atoms with Crippen LogP contribution in [-0.2, 0) is 0 Å². The van der Waals surface area contributed by atoms with Crippen LogP contribution in [0.1, 0.15) is 103 Å². The van der Waals surface area contributed by atoms with E-state index in [0.29, 0.717) is 0 Å². The number of hydrogen-bond acceptors (Lipinski definition) is 1. The Balaban J connectivity index is 2.93. The Bertz CT molecular complexity index is 186. The number of rotatable bonds is 17. The summed E-state index contributed by atoms with van der Waals surface area (Å²) in [6, 6.07) is 0. The summed E-state index contributed by atoms with van der Waals surface area (Å²) in [5, 5.41) is 0. The molecule has 0 atom stereocenters. The van der Waals surface area contributed by atoms with Crippen molar-refractivity contribution in [1.29, 1.82) is 0 Å². The van der Waals surface area contributed by atoms with Gasteiger partial charge in [-0.15, -0.1) is 23.2 Å². The van der Waals surface area contributed by atoms with E-state index in [9.17, 15) is 0 Å². The Morgan fingerprint density at radius 1 is 0.476 bits per heavy atom. The van der Waals surface area contributed by atoms with Gasteiger partial charge in [0.1, 0.15) is 4.84 Å². The highest BCUT2D eigenvalue weighted by Gasteiger charge is 1.98. The van der Waals surface area contributed by atoms with Crippen molar-refractivity contribution in [3.8, 4) is 0 Å². The summed E-state index contributed by atoms with van der Waals surface area (Å²) in [5.41, 5.74) is 5.48. The van der Waals surface area contributed by atoms with Gasteiger partial charge in [-0.25, -0.2) is 0 Å². The maximum Gasteiger partial charge on any atom is 0.107 e. The summed E-state index contributed by atoms with van der Waals surface area (Å²) >= 11 is 11.4. The number of alkyl halides is 2. The molecule has 2 N–H and O–H groups in total. The third kappa shape index (κ3) is 20.5. The Kier molecular flexibility index (Phi) is 19.1. The van der Waals surface area contributed by atoms with Gasteiger partial charge in [0, 0.05) is 0 Å². The first-order chi connectivity index (χ1) is 10.3. The van der Waals surface area contributed by atoms with E-state index >= 15 is 0 Å². The van der Waals surface area contributed by atoms with Crippen molar-refractivity contribution >= 4 is 23.2 Å². The Labute approximate surface area is 143 Å². The van der Waals surface area contributed by atoms with Gasteiger partial charge in [0.2, 0.25) is 0 Å². The maximum atomic E-state index is 5.70. The lowest BCUT2D eigenvalue weighted by Gasteiger charge is -2.04. The number of hydrogen-bond donors (Lipinski definition) is 1. The second-order valence-electron chi connectivity index (χ2n) is 6.27. The molecule has 0 aromatic heterocycles. The lowest BCUT2D eigenvalue weighted by atomic mass is 10.0. The molecule has 0 bridgehead atoms. The van der Waals surface area contributed by atoms with Crippen molar-refractivity contribution in [1.82, 2.24) is 0 Å². The zero-order valence-electron chi connectivity index (χ0n) is 13.9. The van der Waals surface area contributed by atoms with Crippen LogP contribution in [0.15, 0.2) is 0 Å². The van der Waals surface area contributed by atoms with Crippen LogP contribution in [0.2, 0.25) is 0 Å². The molecule has 0 radical (unpaired) electrons. The van der Waals surface area contributed by atoms with Crippen LogP contribution in [0.25, 0.3) is 0 Å². The molecule has 0 fully saturated rings. The second kappa shape index (κ2) is 18.6. The highest BCUT2D eigenvalue weighted by atomic mass is 35.5. The molecular weight excluding hydrogens is 301 g/mol. The van der Waals surface area contributed by atoms with Gasteiger partial charge in [-0.3, -0.25) is 0 Å². The number of nitrogens with two attached hydrogens (primary N) is 1. The highest BCUT2D eigenvalue weighted by Crippen LogP contribution is 2.15. The van der Waals surface area contributed by atoms with E-state index in [-0.39, 0.29) is 4.84 Å². The van der Waals surface area contributed by atoms with Crippen molar-refractivity contribution in [2.24, 2.45) is 5.73 Å². The molecule has 0 saturated carbocycles. The van der Waals surface area contributed by atoms with Gasteiger partial charge >= 0.3 is 0 Å². The third-order valence-corrected chi connectivity index (χ3v) is 4.56. The molecule has 0 rings (SSSR count). The summed E-state index contributed by atoms with van der Waals surface area (Å²) in [7, 11) is 0. The normalized spacial score (nSPS) is 11.4. The monoisotopic (exact) mass is 337 g/mol. The molecule has 21 heavy (non-hydrogen) atoms. The SMILES string of the molecule is NCCCCCCCCCCCCCCCCCC(Cl)Cl. The van der Waals surface area contributed by atoms with E-state index in [1.54, 1.807) is 0 Å². The zero-order chi connectivity index (χ0) is 15.6. The van der Waals surface area contributed by atoms with E-state index < -0.39 is 0 Å². The molecule has 0 heterocycles. The quantitative estimate of drug-likeness (QED) is 0.224. The zero-order valence-corrected chi connectivity index (χ0v) is 15.4. The van der Waals surface area contributed by atoms with Gasteiger partial charge in [0.25, 0.3) is 0 Å². The molecule has 0 aliphatic heterocycles. The molecule has 3 heteroatoms. The van der Waals surface area contributed by atoms with Gasteiger partial charge in [-0.05, 0) is 19.4 Å². The van der Waals surface area contributed by atoms with E-state index in [1.165, 1.54) is 96.3 Å². The van der Waals surface area contributed by atoms with E-state index in [4.69, 9.17) is 28.9 Å². The molecule has 0 saturated heterocycles. The molecule has 0 aliphatic rings. The summed E-state index contributed by atoms with van der Waals surface area (Å²) in [5.74, 6) is 0. The van der Waals surface area contributed by atoms with E-state index in [0.717, 1.165) is 13.0 Å². The van der Waals surface area contributed by atoms with Crippen molar-refractivity contribution in [3.63, 3.8) is 0 Å². The van der Waals surface area contributed by atoms with Crippen LogP contribution in [0.4, 0.5) is 0 Å². The van der Waals surface area contributed by atoms with Gasteiger partial charge in [0.05, 0.1) is 0 Å². The van der Waals surface area contributed by atoms with Crippen LogP contribution >= 0.6 is 23.2 Å². The van der Waals surface area contributed by atoms with Gasteiger partial charge in [-0.2, -0.15) is 0 Å². The first kappa shape index (κ1) is 21.5. The highest BCUT2D eigenvalue weighted by molar-refractivity contribution is 6.44. The van der Waals surface area contributed by atoms with Gasteiger partial charge in [-0.1, -0.05) is 89.9 Å². The minimum Gasteiger partial charge on any atom is -0.330 e. The smallest absolute Gasteiger partial charge is 0.107 e. The Morgan fingerprint density at radius 2 is 0.762 bits per heavy atom. The van der Waals surface area contributed by atoms with E-state index in [2.05, 4.69) is 0 Å². The predicted molar refractivity (Wildman–Crippen MR) is 98.4 cm³/mol. The first-order valence-electron chi connectivity index (χ1n) is 9.25. The average Bonchev–Trinajstić information content (AvgIpc) is 2.46. The molecule has 128 valence electrons. The molecule has 1 nitrogen and oxygen atoms in total. The van der Waals surface area contributed by atoms with Crippen LogP contribution in [0.3, 0.4) is 0 Å². The summed E-state index contributed by atoms with van der Waals surface area (Å²) < 4.78 is 0. The fourth-order valence-corrected chi connectivity index (χ4v) is 3.05. The summed E-state index contributed by atoms with van der Waals surface area (Å²) in [4.78, 5) is -0.161. The average molecular weight is 338 g/mol. The molecule has 0 aliphatic carbocycles. The molecule has 0 aromatic carbocycles. The van der Waals surface area contributed by atoms with Crippen molar-refractivity contribution < 1.29 is 0 Å². The lowest BCUT2D eigenvalue weighted by Crippen LogP contribution is -1.97. The summed E-state index contributed by atoms with van der Waals surface area (Å²) in [6.45, 7) is 0.861. The molecule has 0 unspecified atom stereocenters. The van der Waals surface area contributed by atoms with Gasteiger partial charge in [0.15, 0.2) is 0 Å². The number of unbranched alkanes of at least 4 members (excludes halogenated alkanes) is 14. The van der Waals surface area contributed by atoms with Crippen molar-refractivity contribution in [2.45, 2.75) is 108 Å². The first-order valence-corrected chi connectivity index (χ1v) is 10.1. The molecule has 0 spiro atoms. The maximum absolute atomic E-state index is 5.70. The largest absolute Gasteiger partial charge is 0.330 e. The standard InChI is InChI=1S/C18H37Cl2N/c19-18(20)16-14-12-10-8-6-4-2-1-3-5-7-9-11-13-15-17-21/h18H,1-17,21H2. The van der Waals surface area contributed by atoms with Crippen molar-refractivity contribution in [2.75, 3.05) is 6.54 Å². The van der Waals surface area contributed by atoms with Gasteiger partial charge < -0.3 is 5.73 Å². The van der Waals surface area contributed by atoms with E-state index in [1.807, 2.05) is 0 Å². The van der Waals surface area contributed by atoms with Crippen LogP contribution < -0.4 is 5.73 Å². The molecule has 0 aromatic rings. The lowest BCUT2D eigenvalue weighted by molar-refractivity contribution is 0.529. The van der Waals surface area contributed by atoms with Crippen LogP contribution in [0.5, 0.6) is 0 Å². The number of halogens is 2. The third-order valence-electron chi connectivity index (χ3n) is 4.13. The minimum absolute atomic E-state index is 0.161. The fraction of sp³-hybridized carbons (Fsp3) is 1.00. The van der Waals surface area contributed by atoms with Crippen LogP contribution in [0, 0.1) is 0 Å². The minimum atomic E-state index is -0.161. The predicted octanol–water partition coefficient (Wildman–Crippen LogP) is 6.99. The Hall–Kier alpha value is 0.540.